The van der Waals surface area contributed by atoms with Gasteiger partial charge in [-0.25, -0.2) is 13.2 Å². The Kier molecular flexibility index (Phi) is 3.29. The van der Waals surface area contributed by atoms with E-state index in [0.717, 1.165) is 5.56 Å². The maximum absolute atomic E-state index is 12.5. The lowest BCUT2D eigenvalue weighted by molar-refractivity contribution is 0.0697. The van der Waals surface area contributed by atoms with Crippen molar-refractivity contribution in [2.24, 2.45) is 0 Å². The molecule has 1 aliphatic rings. The number of carboxylic acids is 1. The Morgan fingerprint density at radius 2 is 1.62 bits per heavy atom. The highest BCUT2D eigenvalue weighted by Gasteiger charge is 2.48. The van der Waals surface area contributed by atoms with Crippen LogP contribution in [0.15, 0.2) is 59.5 Å². The zero-order valence-corrected chi connectivity index (χ0v) is 12.0. The van der Waals surface area contributed by atoms with Crippen LogP contribution in [-0.4, -0.2) is 24.7 Å². The molecule has 2 aromatic carbocycles. The lowest BCUT2D eigenvalue weighted by Gasteiger charge is -2.05. The molecule has 1 fully saturated rings. The van der Waals surface area contributed by atoms with Gasteiger partial charge in [0.1, 0.15) is 0 Å². The summed E-state index contributed by atoms with van der Waals surface area (Å²) < 4.78 is 25.0. The standard InChI is InChI=1S/C16H14O4S/c17-16(18)12-6-8-13(9-7-12)21(19,20)15-10-14(15)11-4-2-1-3-5-11/h1-9,14-15H,10H2,(H,17,18). The molecule has 2 unspecified atom stereocenters. The van der Waals surface area contributed by atoms with Gasteiger partial charge in [-0.1, -0.05) is 30.3 Å². The van der Waals surface area contributed by atoms with E-state index in [0.29, 0.717) is 6.42 Å². The van der Waals surface area contributed by atoms with Crippen molar-refractivity contribution in [2.45, 2.75) is 22.5 Å². The van der Waals surface area contributed by atoms with Crippen molar-refractivity contribution >= 4 is 15.8 Å². The van der Waals surface area contributed by atoms with Crippen LogP contribution < -0.4 is 0 Å². The lowest BCUT2D eigenvalue weighted by Crippen LogP contribution is -2.09. The van der Waals surface area contributed by atoms with Crippen LogP contribution in [-0.2, 0) is 9.84 Å². The second-order valence-electron chi connectivity index (χ2n) is 5.17. The fourth-order valence-corrected chi connectivity index (χ4v) is 4.44. The maximum atomic E-state index is 12.5. The Morgan fingerprint density at radius 1 is 1.00 bits per heavy atom. The second-order valence-corrected chi connectivity index (χ2v) is 7.33. The summed E-state index contributed by atoms with van der Waals surface area (Å²) in [7, 11) is -3.40. The molecule has 0 heterocycles. The van der Waals surface area contributed by atoms with E-state index in [1.54, 1.807) is 0 Å². The number of carboxylic acid groups (broad SMARTS) is 1. The fraction of sp³-hybridized carbons (Fsp3) is 0.188. The van der Waals surface area contributed by atoms with E-state index in [2.05, 4.69) is 0 Å². The van der Waals surface area contributed by atoms with E-state index in [1.807, 2.05) is 30.3 Å². The van der Waals surface area contributed by atoms with Gasteiger partial charge in [-0.3, -0.25) is 0 Å². The molecule has 0 amide bonds. The molecule has 1 saturated carbocycles. The van der Waals surface area contributed by atoms with Gasteiger partial charge in [0.2, 0.25) is 0 Å². The first kappa shape index (κ1) is 13.8. The smallest absolute Gasteiger partial charge is 0.335 e. The van der Waals surface area contributed by atoms with Gasteiger partial charge in [0.05, 0.1) is 15.7 Å². The summed E-state index contributed by atoms with van der Waals surface area (Å²) in [4.78, 5) is 11.0. The molecule has 1 N–H and O–H groups in total. The topological polar surface area (TPSA) is 71.4 Å². The van der Waals surface area contributed by atoms with E-state index in [4.69, 9.17) is 5.11 Å². The summed E-state index contributed by atoms with van der Waals surface area (Å²) in [5, 5.41) is 8.43. The van der Waals surface area contributed by atoms with Crippen LogP contribution in [0.3, 0.4) is 0 Å². The van der Waals surface area contributed by atoms with Gasteiger partial charge < -0.3 is 5.11 Å². The highest BCUT2D eigenvalue weighted by Crippen LogP contribution is 2.47. The van der Waals surface area contributed by atoms with Crippen molar-refractivity contribution in [3.63, 3.8) is 0 Å². The predicted molar refractivity (Wildman–Crippen MR) is 78.2 cm³/mol. The van der Waals surface area contributed by atoms with Gasteiger partial charge in [-0.05, 0) is 36.2 Å². The highest BCUT2D eigenvalue weighted by molar-refractivity contribution is 7.92. The number of hydrogen-bond acceptors (Lipinski definition) is 3. The van der Waals surface area contributed by atoms with Crippen molar-refractivity contribution in [3.8, 4) is 0 Å². The third kappa shape index (κ3) is 2.56. The number of carbonyl (C=O) groups is 1. The minimum absolute atomic E-state index is 0.0374. The van der Waals surface area contributed by atoms with Crippen LogP contribution in [0.5, 0.6) is 0 Å². The molecule has 2 aromatic rings. The van der Waals surface area contributed by atoms with Gasteiger partial charge >= 0.3 is 5.97 Å². The molecule has 1 aliphatic carbocycles. The highest BCUT2D eigenvalue weighted by atomic mass is 32.2. The minimum Gasteiger partial charge on any atom is -0.478 e. The largest absolute Gasteiger partial charge is 0.478 e. The maximum Gasteiger partial charge on any atom is 0.335 e. The van der Waals surface area contributed by atoms with Crippen LogP contribution in [0, 0.1) is 0 Å². The average molecular weight is 302 g/mol. The quantitative estimate of drug-likeness (QED) is 0.942. The van der Waals surface area contributed by atoms with Gasteiger partial charge in [-0.15, -0.1) is 0 Å². The molecule has 4 nitrogen and oxygen atoms in total. The van der Waals surface area contributed by atoms with Crippen molar-refractivity contribution < 1.29 is 18.3 Å². The zero-order valence-electron chi connectivity index (χ0n) is 11.1. The second kappa shape index (κ2) is 5.00. The third-order valence-corrected chi connectivity index (χ3v) is 6.04. The molecule has 21 heavy (non-hydrogen) atoms. The Balaban J connectivity index is 1.84. The Morgan fingerprint density at radius 3 is 2.19 bits per heavy atom. The van der Waals surface area contributed by atoms with Crippen molar-refractivity contribution in [3.05, 3.63) is 65.7 Å². The lowest BCUT2D eigenvalue weighted by atomic mass is 10.1. The average Bonchev–Trinajstić information content (AvgIpc) is 3.29. The third-order valence-electron chi connectivity index (χ3n) is 3.79. The van der Waals surface area contributed by atoms with Crippen LogP contribution in [0.2, 0.25) is 0 Å². The van der Waals surface area contributed by atoms with Crippen LogP contribution >= 0.6 is 0 Å². The van der Waals surface area contributed by atoms with Crippen molar-refractivity contribution in [1.29, 1.82) is 0 Å². The summed E-state index contributed by atoms with van der Waals surface area (Å²) in [5.74, 6) is -1.03. The normalized spacial score (nSPS) is 21.0. The summed E-state index contributed by atoms with van der Waals surface area (Å²) in [6, 6.07) is 15.0. The fourth-order valence-electron chi connectivity index (χ4n) is 2.53. The predicted octanol–water partition coefficient (Wildman–Crippen LogP) is 2.71. The van der Waals surface area contributed by atoms with Crippen LogP contribution in [0.1, 0.15) is 28.3 Å². The molecular weight excluding hydrogens is 288 g/mol. The molecule has 0 radical (unpaired) electrons. The Hall–Kier alpha value is -2.14. The van der Waals surface area contributed by atoms with Gasteiger partial charge in [0.15, 0.2) is 9.84 Å². The summed E-state index contributed by atoms with van der Waals surface area (Å²) in [5.41, 5.74) is 1.12. The molecule has 108 valence electrons. The van der Waals surface area contributed by atoms with Gasteiger partial charge in [-0.2, -0.15) is 0 Å². The SMILES string of the molecule is O=C(O)c1ccc(S(=O)(=O)C2CC2c2ccccc2)cc1. The molecule has 5 heteroatoms. The first-order chi connectivity index (χ1) is 10.00. The number of sulfone groups is 1. The summed E-state index contributed by atoms with van der Waals surface area (Å²) >= 11 is 0. The number of hydrogen-bond donors (Lipinski definition) is 1. The Labute approximate surface area is 123 Å². The molecule has 0 aliphatic heterocycles. The van der Waals surface area contributed by atoms with E-state index < -0.39 is 21.1 Å². The molecule has 0 aromatic heterocycles. The minimum atomic E-state index is -3.40. The first-order valence-corrected chi connectivity index (χ1v) is 8.17. The molecule has 0 bridgehead atoms. The molecular formula is C16H14O4S. The van der Waals surface area contributed by atoms with Crippen LogP contribution in [0.4, 0.5) is 0 Å². The molecule has 0 saturated heterocycles. The van der Waals surface area contributed by atoms with E-state index in [1.165, 1.54) is 24.3 Å². The van der Waals surface area contributed by atoms with E-state index in [9.17, 15) is 13.2 Å². The van der Waals surface area contributed by atoms with Crippen molar-refractivity contribution in [2.75, 3.05) is 0 Å². The molecule has 3 rings (SSSR count). The molecule has 0 spiro atoms. The molecule has 2 atom stereocenters. The number of benzene rings is 2. The van der Waals surface area contributed by atoms with Crippen LogP contribution in [0.25, 0.3) is 0 Å². The zero-order chi connectivity index (χ0) is 15.0. The van der Waals surface area contributed by atoms with E-state index >= 15 is 0 Å². The van der Waals surface area contributed by atoms with Crippen molar-refractivity contribution in [1.82, 2.24) is 0 Å². The first-order valence-electron chi connectivity index (χ1n) is 6.62. The Bertz CT molecular complexity index is 764. The monoisotopic (exact) mass is 302 g/mol. The van der Waals surface area contributed by atoms with E-state index in [-0.39, 0.29) is 16.4 Å². The number of rotatable bonds is 4. The summed E-state index contributed by atoms with van der Waals surface area (Å²) in [6.45, 7) is 0. The number of aromatic carboxylic acids is 1. The van der Waals surface area contributed by atoms with Gasteiger partial charge in [0, 0.05) is 5.92 Å². The summed E-state index contributed by atoms with van der Waals surface area (Å²) in [6.07, 6.45) is 0.618. The van der Waals surface area contributed by atoms with Gasteiger partial charge in [0.25, 0.3) is 0 Å².